The molecule has 0 aliphatic carbocycles. The summed E-state index contributed by atoms with van der Waals surface area (Å²) in [6, 6.07) is 1.89. The van der Waals surface area contributed by atoms with Crippen LogP contribution >= 0.6 is 0 Å². The molecule has 0 saturated carbocycles. The first-order chi connectivity index (χ1) is 22.1. The lowest BCUT2D eigenvalue weighted by Gasteiger charge is -2.42. The quantitative estimate of drug-likeness (QED) is 0.241. The van der Waals surface area contributed by atoms with Crippen molar-refractivity contribution in [1.29, 1.82) is 0 Å². The first-order valence-electron chi connectivity index (χ1n) is 14.1. The molecule has 7 nitrogen and oxygen atoms in total. The van der Waals surface area contributed by atoms with Gasteiger partial charge in [0, 0.05) is 24.2 Å². The van der Waals surface area contributed by atoms with Gasteiger partial charge in [-0.1, -0.05) is 0 Å². The van der Waals surface area contributed by atoms with E-state index in [9.17, 15) is 53.5 Å². The number of nitrogens with zero attached hydrogens (tertiary/aromatic N) is 3. The topological polar surface area (TPSA) is 72.0 Å². The zero-order chi connectivity index (χ0) is 35.9. The molecular weight excluding hydrogens is 668 g/mol. The number of pyridine rings is 1. The van der Waals surface area contributed by atoms with Gasteiger partial charge in [0.2, 0.25) is 5.88 Å². The number of amides is 2. The van der Waals surface area contributed by atoms with Gasteiger partial charge in [-0.2, -0.15) is 39.5 Å². The van der Waals surface area contributed by atoms with Crippen LogP contribution in [0.25, 0.3) is 0 Å². The van der Waals surface area contributed by atoms with Crippen molar-refractivity contribution < 1.29 is 63.0 Å². The molecule has 0 radical (unpaired) electrons. The third kappa shape index (κ3) is 7.93. The van der Waals surface area contributed by atoms with Crippen molar-refractivity contribution in [2.24, 2.45) is 0 Å². The maximum atomic E-state index is 14.5. The Morgan fingerprint density at radius 3 is 1.98 bits per heavy atom. The largest absolute Gasteiger partial charge is 0.481 e. The van der Waals surface area contributed by atoms with Crippen LogP contribution in [0.1, 0.15) is 71.5 Å². The van der Waals surface area contributed by atoms with E-state index in [1.165, 1.54) is 26.2 Å². The Hall–Kier alpha value is -4.57. The Bertz CT molecular complexity index is 1660. The Labute approximate surface area is 267 Å². The minimum atomic E-state index is -5.26. The smallest absolute Gasteiger partial charge is 0.416 e. The molecule has 2 amide bonds. The number of alkyl halides is 9. The van der Waals surface area contributed by atoms with Gasteiger partial charge in [-0.25, -0.2) is 14.2 Å². The highest BCUT2D eigenvalue weighted by Crippen LogP contribution is 2.43. The van der Waals surface area contributed by atoms with E-state index >= 15 is 0 Å². The lowest BCUT2D eigenvalue weighted by Crippen LogP contribution is -2.48. The van der Waals surface area contributed by atoms with E-state index < -0.39 is 88.9 Å². The van der Waals surface area contributed by atoms with Crippen LogP contribution in [0.3, 0.4) is 0 Å². The molecule has 0 bridgehead atoms. The summed E-state index contributed by atoms with van der Waals surface area (Å²) in [5.74, 6) is -2.94. The number of hydrogen-bond donors (Lipinski definition) is 0. The molecule has 1 aliphatic heterocycles. The number of benzene rings is 2. The van der Waals surface area contributed by atoms with E-state index in [-0.39, 0.29) is 35.8 Å². The van der Waals surface area contributed by atoms with Gasteiger partial charge in [-0.3, -0.25) is 9.69 Å². The van der Waals surface area contributed by atoms with Gasteiger partial charge in [-0.05, 0) is 75.2 Å². The normalized spacial score (nSPS) is 16.9. The monoisotopic (exact) mass is 695 g/mol. The zero-order valence-corrected chi connectivity index (χ0v) is 25.5. The van der Waals surface area contributed by atoms with Crippen molar-refractivity contribution in [3.63, 3.8) is 0 Å². The fourth-order valence-electron chi connectivity index (χ4n) is 5.27. The van der Waals surface area contributed by atoms with Crippen molar-refractivity contribution >= 4 is 17.7 Å². The molecule has 0 spiro atoms. The first kappa shape index (κ1) is 36.3. The van der Waals surface area contributed by atoms with Crippen LogP contribution in [0.2, 0.25) is 0 Å². The number of carbonyl (C=O) groups excluding carboxylic acids is 2. The second kappa shape index (κ2) is 13.1. The van der Waals surface area contributed by atoms with E-state index in [0.717, 1.165) is 4.90 Å². The standard InChI is InChI=1S/C31H27F10N3O4/c1-15(2)48-28(46)44-16(3)7-24(26-23(44)5-6-25(42-26)47-4)43(27(45)18-10-21(31(39,40)41)13-22(32)11-18)14-17-8-19(29(33,34)35)12-20(9-17)30(36,37)38/h5-6,8-13,15-16,24H,7,14H2,1-4H3/t16-,24+/m1/s1. The van der Waals surface area contributed by atoms with Gasteiger partial charge in [-0.15, -0.1) is 0 Å². The summed E-state index contributed by atoms with van der Waals surface area (Å²) in [7, 11) is 1.22. The van der Waals surface area contributed by atoms with Gasteiger partial charge in [0.1, 0.15) is 5.82 Å². The van der Waals surface area contributed by atoms with Gasteiger partial charge in [0.15, 0.2) is 0 Å². The summed E-state index contributed by atoms with van der Waals surface area (Å²) in [6.45, 7) is 3.61. The van der Waals surface area contributed by atoms with Crippen molar-refractivity contribution in [3.8, 4) is 5.88 Å². The summed E-state index contributed by atoms with van der Waals surface area (Å²) < 4.78 is 148. The number of methoxy groups -OCH3 is 1. The molecule has 2 atom stereocenters. The van der Waals surface area contributed by atoms with Crippen LogP contribution in [0, 0.1) is 5.82 Å². The van der Waals surface area contributed by atoms with E-state index in [2.05, 4.69) is 4.98 Å². The number of rotatable bonds is 6. The van der Waals surface area contributed by atoms with E-state index in [4.69, 9.17) is 9.47 Å². The summed E-state index contributed by atoms with van der Waals surface area (Å²) in [6.07, 6.45) is -17.4. The lowest BCUT2D eigenvalue weighted by atomic mass is 9.93. The minimum absolute atomic E-state index is 0.0123. The Morgan fingerprint density at radius 1 is 0.896 bits per heavy atom. The summed E-state index contributed by atoms with van der Waals surface area (Å²) in [4.78, 5) is 33.3. The number of aromatic nitrogens is 1. The highest BCUT2D eigenvalue weighted by atomic mass is 19.4. The van der Waals surface area contributed by atoms with Gasteiger partial charge >= 0.3 is 24.6 Å². The molecule has 3 aromatic rings. The van der Waals surface area contributed by atoms with Gasteiger partial charge in [0.25, 0.3) is 5.91 Å². The Morgan fingerprint density at radius 2 is 1.46 bits per heavy atom. The first-order valence-corrected chi connectivity index (χ1v) is 14.1. The van der Waals surface area contributed by atoms with Crippen molar-refractivity contribution in [2.45, 2.75) is 70.5 Å². The molecule has 1 aliphatic rings. The predicted octanol–water partition coefficient (Wildman–Crippen LogP) is 8.81. The average Bonchev–Trinajstić information content (AvgIpc) is 2.96. The SMILES string of the molecule is COc1ccc2c(n1)[C@@H](N(Cc1cc(C(F)(F)F)cc(C(F)(F)F)c1)C(=O)c1cc(F)cc(C(F)(F)F)c1)C[C@@H](C)N2C(=O)OC(C)C. The predicted molar refractivity (Wildman–Crippen MR) is 149 cm³/mol. The molecule has 0 fully saturated rings. The molecule has 1 aromatic heterocycles. The lowest BCUT2D eigenvalue weighted by molar-refractivity contribution is -0.143. The highest BCUT2D eigenvalue weighted by molar-refractivity contribution is 5.95. The second-order valence-electron chi connectivity index (χ2n) is 11.2. The molecule has 4 rings (SSSR count). The maximum Gasteiger partial charge on any atom is 0.416 e. The third-order valence-corrected chi connectivity index (χ3v) is 7.31. The van der Waals surface area contributed by atoms with Crippen LogP contribution < -0.4 is 9.64 Å². The molecular formula is C31H27F10N3O4. The fraction of sp³-hybridized carbons (Fsp3) is 0.387. The molecule has 260 valence electrons. The van der Waals surface area contributed by atoms with Crippen LogP contribution in [0.5, 0.6) is 5.88 Å². The maximum absolute atomic E-state index is 14.5. The molecule has 48 heavy (non-hydrogen) atoms. The zero-order valence-electron chi connectivity index (χ0n) is 25.5. The van der Waals surface area contributed by atoms with Crippen LogP contribution in [-0.4, -0.2) is 41.1 Å². The van der Waals surface area contributed by atoms with Gasteiger partial charge < -0.3 is 14.4 Å². The number of halogens is 10. The summed E-state index contributed by atoms with van der Waals surface area (Å²) in [5, 5.41) is 0. The van der Waals surface area contributed by atoms with Crippen molar-refractivity contribution in [2.75, 3.05) is 12.0 Å². The van der Waals surface area contributed by atoms with Crippen LogP contribution in [-0.2, 0) is 29.8 Å². The molecule has 0 saturated heterocycles. The molecule has 2 aromatic carbocycles. The fourth-order valence-corrected chi connectivity index (χ4v) is 5.27. The van der Waals surface area contributed by atoms with Crippen molar-refractivity contribution in [3.05, 3.63) is 87.9 Å². The molecule has 2 heterocycles. The van der Waals surface area contributed by atoms with Crippen LogP contribution in [0.15, 0.2) is 48.5 Å². The van der Waals surface area contributed by atoms with E-state index in [0.29, 0.717) is 29.2 Å². The second-order valence-corrected chi connectivity index (χ2v) is 11.2. The average molecular weight is 696 g/mol. The molecule has 0 unspecified atom stereocenters. The molecule has 0 N–H and O–H groups in total. The van der Waals surface area contributed by atoms with E-state index in [1.807, 2.05) is 0 Å². The van der Waals surface area contributed by atoms with Crippen LogP contribution in [0.4, 0.5) is 54.4 Å². The molecule has 17 heteroatoms. The number of hydrogen-bond acceptors (Lipinski definition) is 5. The third-order valence-electron chi connectivity index (χ3n) is 7.31. The van der Waals surface area contributed by atoms with Crippen molar-refractivity contribution in [1.82, 2.24) is 9.88 Å². The van der Waals surface area contributed by atoms with E-state index in [1.54, 1.807) is 13.8 Å². The Kier molecular flexibility index (Phi) is 9.93. The number of carbonyl (C=O) groups is 2. The summed E-state index contributed by atoms with van der Waals surface area (Å²) in [5.41, 5.74) is -6.70. The number of ether oxygens (including phenoxy) is 2. The Balaban J connectivity index is 1.96. The highest BCUT2D eigenvalue weighted by Gasteiger charge is 2.42. The number of fused-ring (bicyclic) bond motifs is 1. The minimum Gasteiger partial charge on any atom is -0.481 e. The number of anilines is 1. The summed E-state index contributed by atoms with van der Waals surface area (Å²) >= 11 is 0. The van der Waals surface area contributed by atoms with Gasteiger partial charge in [0.05, 0.1) is 47.3 Å².